The van der Waals surface area contributed by atoms with Gasteiger partial charge in [0, 0.05) is 75.4 Å². The lowest BCUT2D eigenvalue weighted by Crippen LogP contribution is -2.43. The van der Waals surface area contributed by atoms with Crippen LogP contribution in [-0.2, 0) is 20.8 Å². The highest BCUT2D eigenvalue weighted by molar-refractivity contribution is 5.91. The molecule has 2 fully saturated rings. The number of aromatic amines is 1. The summed E-state index contributed by atoms with van der Waals surface area (Å²) in [7, 11) is 0. The number of nitrogens with one attached hydrogen (secondary N) is 4. The molecule has 2 aliphatic rings. The smallest absolute Gasteiger partial charge is 0.412 e. The molecule has 15 nitrogen and oxygen atoms in total. The van der Waals surface area contributed by atoms with Crippen LogP contribution in [-0.4, -0.2) is 100 Å². The van der Waals surface area contributed by atoms with E-state index in [1.165, 1.54) is 12.1 Å². The fraction of sp³-hybridized carbons (Fsp3) is 0.356. The predicted octanol–water partition coefficient (Wildman–Crippen LogP) is 6.01. The molecule has 5 aromatic rings. The van der Waals surface area contributed by atoms with Crippen molar-refractivity contribution in [1.82, 2.24) is 25.1 Å². The van der Waals surface area contributed by atoms with E-state index in [9.17, 15) is 29.4 Å². The molecule has 3 aromatic carbocycles. The third kappa shape index (κ3) is 11.3. The van der Waals surface area contributed by atoms with E-state index >= 15 is 0 Å². The van der Waals surface area contributed by atoms with Crippen molar-refractivity contribution in [2.45, 2.75) is 50.9 Å². The normalized spacial score (nSPS) is 15.7. The number of phenolic OH excluding ortho intramolecular Hbond substituents is 1. The van der Waals surface area contributed by atoms with Crippen LogP contribution in [0, 0.1) is 5.92 Å². The van der Waals surface area contributed by atoms with Crippen LogP contribution in [0.1, 0.15) is 49.3 Å². The lowest BCUT2D eigenvalue weighted by molar-refractivity contribution is -0.133. The quantitative estimate of drug-likeness (QED) is 0.0768. The number of aliphatic hydroxyl groups excluding tert-OH is 1. The predicted molar refractivity (Wildman–Crippen MR) is 227 cm³/mol. The van der Waals surface area contributed by atoms with Crippen molar-refractivity contribution in [3.05, 3.63) is 119 Å². The fourth-order valence-corrected chi connectivity index (χ4v) is 7.71. The number of hydrogen-bond acceptors (Lipinski definition) is 11. The molecule has 7 rings (SSSR count). The van der Waals surface area contributed by atoms with Crippen LogP contribution in [0.25, 0.3) is 22.0 Å². The number of para-hydroxylation sites is 1. The Hall–Kier alpha value is -6.29. The topological polar surface area (TPSA) is 198 Å². The van der Waals surface area contributed by atoms with E-state index in [0.717, 1.165) is 42.6 Å². The number of piperidine rings is 2. The van der Waals surface area contributed by atoms with Gasteiger partial charge < -0.3 is 39.8 Å². The van der Waals surface area contributed by atoms with Crippen molar-refractivity contribution in [2.75, 3.05) is 56.5 Å². The second-order valence-corrected chi connectivity index (χ2v) is 15.3. The van der Waals surface area contributed by atoms with Gasteiger partial charge >= 0.3 is 12.2 Å². The molecule has 2 saturated heterocycles. The molecule has 15 heteroatoms. The van der Waals surface area contributed by atoms with E-state index in [1.54, 1.807) is 30.5 Å². The Labute approximate surface area is 347 Å². The maximum atomic E-state index is 13.1. The van der Waals surface area contributed by atoms with E-state index in [4.69, 9.17) is 9.47 Å². The first-order chi connectivity index (χ1) is 29.2. The Morgan fingerprint density at radius 3 is 2.38 bits per heavy atom. The molecule has 0 unspecified atom stereocenters. The van der Waals surface area contributed by atoms with E-state index in [2.05, 4.69) is 30.8 Å². The van der Waals surface area contributed by atoms with Gasteiger partial charge in [-0.1, -0.05) is 60.7 Å². The molecule has 2 aromatic heterocycles. The number of ether oxygens (including phenoxy) is 2. The first kappa shape index (κ1) is 41.9. The Bertz CT molecular complexity index is 2290. The maximum Gasteiger partial charge on any atom is 0.412 e. The molecule has 1 atom stereocenters. The van der Waals surface area contributed by atoms with Gasteiger partial charge in [-0.25, -0.2) is 14.6 Å². The molecular weight excluding hydrogens is 767 g/mol. The summed E-state index contributed by atoms with van der Waals surface area (Å²) in [6.45, 7) is 4.27. The third-order valence-corrected chi connectivity index (χ3v) is 11.1. The van der Waals surface area contributed by atoms with Gasteiger partial charge in [0.25, 0.3) is 0 Å². The molecule has 3 amide bonds. The largest absolute Gasteiger partial charge is 0.506 e. The van der Waals surface area contributed by atoms with Crippen molar-refractivity contribution in [3.63, 3.8) is 0 Å². The number of hydrogen-bond donors (Lipinski definition) is 6. The number of amides is 3. The van der Waals surface area contributed by atoms with Crippen molar-refractivity contribution in [2.24, 2.45) is 5.92 Å². The van der Waals surface area contributed by atoms with E-state index < -0.39 is 18.3 Å². The number of aliphatic hydroxyl groups is 1. The van der Waals surface area contributed by atoms with Gasteiger partial charge in [0.2, 0.25) is 11.5 Å². The molecule has 0 aliphatic carbocycles. The number of carbonyl (C=O) groups excluding carboxylic acids is 3. The molecule has 4 heterocycles. The molecule has 0 radical (unpaired) electrons. The minimum absolute atomic E-state index is 0.0695. The third-order valence-electron chi connectivity index (χ3n) is 11.1. The number of likely N-dealkylation sites (tertiary alicyclic amines) is 2. The number of carbonyl (C=O) groups is 3. The number of aromatic nitrogens is 2. The zero-order valence-electron chi connectivity index (χ0n) is 33.3. The summed E-state index contributed by atoms with van der Waals surface area (Å²) in [5, 5.41) is 30.2. The number of pyridine rings is 2. The fourth-order valence-electron chi connectivity index (χ4n) is 7.71. The molecular formula is C45H51N7O8. The summed E-state index contributed by atoms with van der Waals surface area (Å²) in [4.78, 5) is 61.1. The van der Waals surface area contributed by atoms with Crippen molar-refractivity contribution in [3.8, 4) is 16.9 Å². The minimum atomic E-state index is -0.893. The summed E-state index contributed by atoms with van der Waals surface area (Å²) >= 11 is 0. The van der Waals surface area contributed by atoms with E-state index in [0.29, 0.717) is 67.9 Å². The summed E-state index contributed by atoms with van der Waals surface area (Å²) in [5.41, 5.74) is 3.98. The minimum Gasteiger partial charge on any atom is -0.506 e. The highest BCUT2D eigenvalue weighted by atomic mass is 16.6. The van der Waals surface area contributed by atoms with Gasteiger partial charge in [0.15, 0.2) is 0 Å². The number of nitrogens with zero attached hydrogens (tertiary/aromatic N) is 3. The first-order valence-corrected chi connectivity index (χ1v) is 20.4. The van der Waals surface area contributed by atoms with Crippen LogP contribution >= 0.6 is 0 Å². The molecule has 0 spiro atoms. The van der Waals surface area contributed by atoms with Gasteiger partial charge in [-0.15, -0.1) is 0 Å². The second-order valence-electron chi connectivity index (χ2n) is 15.3. The SMILES string of the molecule is O=C(Nc1ccc(CNC[C@H](O)c2ccc(O)c3[nH]c(=O)ccc23)cn1)OCC1CCN(C(=O)CCN2CCC(OC(=O)Nc3ccccc3-c3ccccc3)CC2)CC1. The zero-order chi connectivity index (χ0) is 41.8. The number of phenols is 1. The Balaban J connectivity index is 0.743. The summed E-state index contributed by atoms with van der Waals surface area (Å²) in [5.74, 6) is 0.547. The molecule has 60 heavy (non-hydrogen) atoms. The van der Waals surface area contributed by atoms with Crippen LogP contribution < -0.4 is 21.5 Å². The average molecular weight is 818 g/mol. The second kappa shape index (κ2) is 20.1. The first-order valence-electron chi connectivity index (χ1n) is 20.4. The lowest BCUT2D eigenvalue weighted by atomic mass is 9.97. The van der Waals surface area contributed by atoms with Crippen molar-refractivity contribution >= 4 is 40.5 Å². The van der Waals surface area contributed by atoms with Crippen LogP contribution in [0.3, 0.4) is 0 Å². The van der Waals surface area contributed by atoms with Gasteiger partial charge in [0.05, 0.1) is 23.9 Å². The Morgan fingerprint density at radius 2 is 1.62 bits per heavy atom. The van der Waals surface area contributed by atoms with Crippen LogP contribution in [0.2, 0.25) is 0 Å². The summed E-state index contributed by atoms with van der Waals surface area (Å²) in [6.07, 6.45) is 2.82. The molecule has 314 valence electrons. The zero-order valence-corrected chi connectivity index (χ0v) is 33.3. The van der Waals surface area contributed by atoms with Gasteiger partial charge in [-0.3, -0.25) is 20.2 Å². The number of fused-ring (bicyclic) bond motifs is 1. The molecule has 6 N–H and O–H groups in total. The highest BCUT2D eigenvalue weighted by Crippen LogP contribution is 2.30. The van der Waals surface area contributed by atoms with E-state index in [1.807, 2.05) is 59.5 Å². The van der Waals surface area contributed by atoms with Crippen molar-refractivity contribution in [1.29, 1.82) is 0 Å². The number of benzene rings is 3. The number of anilines is 2. The molecule has 0 saturated carbocycles. The highest BCUT2D eigenvalue weighted by Gasteiger charge is 2.26. The molecule has 0 bridgehead atoms. The number of rotatable bonds is 14. The lowest BCUT2D eigenvalue weighted by Gasteiger charge is -2.34. The monoisotopic (exact) mass is 817 g/mol. The number of aromatic hydroxyl groups is 1. The van der Waals surface area contributed by atoms with Crippen LogP contribution in [0.4, 0.5) is 21.1 Å². The Kier molecular flexibility index (Phi) is 14.0. The summed E-state index contributed by atoms with van der Waals surface area (Å²) < 4.78 is 11.3. The van der Waals surface area contributed by atoms with Crippen LogP contribution in [0.5, 0.6) is 5.75 Å². The maximum absolute atomic E-state index is 13.1. The Morgan fingerprint density at radius 1 is 0.850 bits per heavy atom. The van der Waals surface area contributed by atoms with Crippen molar-refractivity contribution < 1.29 is 34.1 Å². The molecule has 2 aliphatic heterocycles. The van der Waals surface area contributed by atoms with Gasteiger partial charge in [-0.2, -0.15) is 0 Å². The van der Waals surface area contributed by atoms with E-state index in [-0.39, 0.29) is 47.9 Å². The standard InChI is InChI=1S/C45H51N7O8/c53-38-13-11-35(36-12-15-41(55)50-43(36)38)39(54)28-46-26-31-10-14-40(47-27-31)49-44(57)59-29-30-16-24-52(25-17-30)42(56)20-23-51-21-18-33(19-22-51)60-45(58)48-37-9-5-4-8-34(37)32-6-2-1-3-7-32/h1-15,27,30,33,39,46,53-54H,16-26,28-29H2,(H,48,58)(H,50,55)(H,47,49,57)/t39-/m0/s1. The summed E-state index contributed by atoms with van der Waals surface area (Å²) in [6, 6.07) is 27.0. The average Bonchev–Trinajstić information content (AvgIpc) is 3.27. The van der Waals surface area contributed by atoms with Gasteiger partial charge in [0.1, 0.15) is 17.7 Å². The number of H-pyrrole nitrogens is 1. The van der Waals surface area contributed by atoms with Gasteiger partial charge in [-0.05, 0) is 72.6 Å². The van der Waals surface area contributed by atoms with Crippen LogP contribution in [0.15, 0.2) is 102 Å².